The molecule has 0 unspecified atom stereocenters. The van der Waals surface area contributed by atoms with Crippen molar-refractivity contribution >= 4 is 35.0 Å². The molecule has 0 bridgehead atoms. The van der Waals surface area contributed by atoms with E-state index in [2.05, 4.69) is 15.6 Å². The van der Waals surface area contributed by atoms with Gasteiger partial charge in [0.05, 0.1) is 6.04 Å². The Hall–Kier alpha value is -2.53. The first-order valence-corrected chi connectivity index (χ1v) is 15.2. The van der Waals surface area contributed by atoms with Gasteiger partial charge in [-0.3, -0.25) is 14.4 Å². The first-order valence-electron chi connectivity index (χ1n) is 14.3. The Morgan fingerprint density at radius 3 is 2.46 bits per heavy atom. The van der Waals surface area contributed by atoms with Crippen molar-refractivity contribution in [3.8, 4) is 0 Å². The fraction of sp³-hybridized carbons (Fsp3) is 0.750. The van der Waals surface area contributed by atoms with E-state index < -0.39 is 29.8 Å². The van der Waals surface area contributed by atoms with Crippen LogP contribution in [0, 0.1) is 5.92 Å². The second-order valence-electron chi connectivity index (χ2n) is 11.7. The number of nitrogens with one attached hydrogen (secondary N) is 2. The fourth-order valence-corrected chi connectivity index (χ4v) is 6.09. The van der Waals surface area contributed by atoms with E-state index in [-0.39, 0.29) is 17.6 Å². The lowest BCUT2D eigenvalue weighted by molar-refractivity contribution is -0.140. The summed E-state index contributed by atoms with van der Waals surface area (Å²) in [7, 11) is 0. The van der Waals surface area contributed by atoms with Crippen molar-refractivity contribution in [1.82, 2.24) is 20.5 Å². The van der Waals surface area contributed by atoms with Gasteiger partial charge in [-0.1, -0.05) is 32.1 Å². The normalized spacial score (nSPS) is 19.8. The number of aromatic nitrogens is 1. The van der Waals surface area contributed by atoms with Crippen LogP contribution in [0.4, 0.5) is 4.79 Å². The molecule has 2 fully saturated rings. The zero-order chi connectivity index (χ0) is 28.4. The summed E-state index contributed by atoms with van der Waals surface area (Å²) in [6.45, 7) is 6.27. The molecule has 0 aromatic carbocycles. The first-order chi connectivity index (χ1) is 18.6. The van der Waals surface area contributed by atoms with Gasteiger partial charge in [-0.05, 0) is 71.8 Å². The highest BCUT2D eigenvalue weighted by molar-refractivity contribution is 7.11. The van der Waals surface area contributed by atoms with Gasteiger partial charge in [0.1, 0.15) is 17.7 Å². The monoisotopic (exact) mass is 563 g/mol. The summed E-state index contributed by atoms with van der Waals surface area (Å²) < 4.78 is 5.45. The van der Waals surface area contributed by atoms with Crippen molar-refractivity contribution in [2.24, 2.45) is 11.7 Å². The molecule has 2 aliphatic rings. The minimum atomic E-state index is -0.770. The lowest BCUT2D eigenvalue weighted by atomic mass is 9.84. The number of ketones is 1. The Balaban J connectivity index is 1.72. The van der Waals surface area contributed by atoms with Crippen molar-refractivity contribution in [2.45, 2.75) is 115 Å². The summed E-state index contributed by atoms with van der Waals surface area (Å²) in [4.78, 5) is 58.8. The molecule has 1 aromatic heterocycles. The molecule has 218 valence electrons. The minimum absolute atomic E-state index is 0.229. The second-order valence-corrected chi connectivity index (χ2v) is 12.6. The van der Waals surface area contributed by atoms with Gasteiger partial charge in [-0.15, -0.1) is 11.3 Å². The van der Waals surface area contributed by atoms with E-state index >= 15 is 0 Å². The van der Waals surface area contributed by atoms with E-state index in [1.807, 2.05) is 0 Å². The van der Waals surface area contributed by atoms with Crippen LogP contribution in [0.1, 0.15) is 101 Å². The maximum atomic E-state index is 13.8. The lowest BCUT2D eigenvalue weighted by Gasteiger charge is -2.32. The van der Waals surface area contributed by atoms with Crippen LogP contribution in [0.5, 0.6) is 0 Å². The number of ether oxygens (including phenoxy) is 1. The molecule has 3 atom stereocenters. The van der Waals surface area contributed by atoms with Gasteiger partial charge in [-0.25, -0.2) is 9.78 Å². The number of unbranched alkanes of at least 4 members (excludes halogenated alkanes) is 1. The number of Topliss-reactive ketones (excluding diaryl/α,β-unsaturated/α-hetero) is 1. The number of nitrogens with two attached hydrogens (primary N) is 1. The lowest BCUT2D eigenvalue weighted by Crippen LogP contribution is -2.56. The number of hydrogen-bond donors (Lipinski definition) is 3. The van der Waals surface area contributed by atoms with E-state index in [1.165, 1.54) is 17.8 Å². The van der Waals surface area contributed by atoms with Crippen LogP contribution in [0.25, 0.3) is 0 Å². The van der Waals surface area contributed by atoms with Gasteiger partial charge < -0.3 is 26.0 Å². The third kappa shape index (κ3) is 9.56. The summed E-state index contributed by atoms with van der Waals surface area (Å²) in [5.74, 6) is -0.513. The molecule has 3 rings (SSSR count). The number of rotatable bonds is 12. The van der Waals surface area contributed by atoms with E-state index in [9.17, 15) is 19.2 Å². The Morgan fingerprint density at radius 1 is 1.08 bits per heavy atom. The number of hydrogen-bond acceptors (Lipinski definition) is 8. The summed E-state index contributed by atoms with van der Waals surface area (Å²) >= 11 is 1.24. The molecular formula is C28H45N5O5S. The standard InChI is InChI=1S/C28H45N5O5S/c1-28(2,3)38-27(37)32-21(18-19-10-5-4-6-11-19)26(36)33-16-9-13-22(33)24(35)31-20(12-7-8-14-29)23(34)25-30-15-17-39-25/h15,17,19-22H,4-14,16,18,29H2,1-3H3,(H,31,35)(H,32,37)/t20-,21+,22-/m0/s1. The van der Waals surface area contributed by atoms with Crippen LogP contribution in [-0.4, -0.2) is 70.4 Å². The molecule has 1 saturated heterocycles. The molecule has 4 N–H and O–H groups in total. The molecular weight excluding hydrogens is 518 g/mol. The predicted molar refractivity (Wildman–Crippen MR) is 150 cm³/mol. The Morgan fingerprint density at radius 2 is 1.82 bits per heavy atom. The van der Waals surface area contributed by atoms with Gasteiger partial charge >= 0.3 is 6.09 Å². The highest BCUT2D eigenvalue weighted by atomic mass is 32.1. The van der Waals surface area contributed by atoms with Gasteiger partial charge in [0, 0.05) is 18.1 Å². The summed E-state index contributed by atoms with van der Waals surface area (Å²) in [5.41, 5.74) is 4.94. The fourth-order valence-electron chi connectivity index (χ4n) is 5.45. The molecule has 1 aliphatic heterocycles. The molecule has 3 amide bonds. The molecule has 0 spiro atoms. The average Bonchev–Trinajstić information content (AvgIpc) is 3.59. The van der Waals surface area contributed by atoms with E-state index in [0.29, 0.717) is 56.1 Å². The highest BCUT2D eigenvalue weighted by Crippen LogP contribution is 2.29. The van der Waals surface area contributed by atoms with Crippen molar-refractivity contribution in [3.63, 3.8) is 0 Å². The summed E-state index contributed by atoms with van der Waals surface area (Å²) in [6, 6.07) is -2.20. The highest BCUT2D eigenvalue weighted by Gasteiger charge is 2.40. The van der Waals surface area contributed by atoms with Crippen LogP contribution < -0.4 is 16.4 Å². The Labute approximate surface area is 235 Å². The topological polar surface area (TPSA) is 144 Å². The molecule has 11 heteroatoms. The zero-order valence-electron chi connectivity index (χ0n) is 23.6. The first kappa shape index (κ1) is 31.0. The quantitative estimate of drug-likeness (QED) is 0.259. The predicted octanol–water partition coefficient (Wildman–Crippen LogP) is 3.79. The number of carbonyl (C=O) groups excluding carboxylic acids is 4. The number of likely N-dealkylation sites (tertiary alicyclic amines) is 1. The van der Waals surface area contributed by atoms with Crippen LogP contribution in [-0.2, 0) is 14.3 Å². The summed E-state index contributed by atoms with van der Waals surface area (Å²) in [5, 5.41) is 7.80. The van der Waals surface area contributed by atoms with Crippen molar-refractivity contribution in [1.29, 1.82) is 0 Å². The Kier molecular flexibility index (Phi) is 11.7. The van der Waals surface area contributed by atoms with Crippen molar-refractivity contribution in [2.75, 3.05) is 13.1 Å². The van der Waals surface area contributed by atoms with Crippen LogP contribution in [0.15, 0.2) is 11.6 Å². The van der Waals surface area contributed by atoms with Crippen LogP contribution in [0.2, 0.25) is 0 Å². The number of nitrogens with zero attached hydrogens (tertiary/aromatic N) is 2. The van der Waals surface area contributed by atoms with E-state index in [0.717, 1.165) is 32.1 Å². The van der Waals surface area contributed by atoms with Gasteiger partial charge in [-0.2, -0.15) is 0 Å². The molecule has 1 aliphatic carbocycles. The molecule has 2 heterocycles. The maximum absolute atomic E-state index is 13.8. The molecule has 1 saturated carbocycles. The zero-order valence-corrected chi connectivity index (χ0v) is 24.4. The molecule has 10 nitrogen and oxygen atoms in total. The van der Waals surface area contributed by atoms with Crippen LogP contribution in [0.3, 0.4) is 0 Å². The van der Waals surface area contributed by atoms with Crippen molar-refractivity contribution in [3.05, 3.63) is 16.6 Å². The average molecular weight is 564 g/mol. The second kappa shape index (κ2) is 14.7. The van der Waals surface area contributed by atoms with Gasteiger partial charge in [0.25, 0.3) is 0 Å². The minimum Gasteiger partial charge on any atom is -0.444 e. The third-order valence-electron chi connectivity index (χ3n) is 7.34. The van der Waals surface area contributed by atoms with Crippen molar-refractivity contribution < 1.29 is 23.9 Å². The number of amides is 3. The van der Waals surface area contributed by atoms with E-state index in [4.69, 9.17) is 10.5 Å². The summed E-state index contributed by atoms with van der Waals surface area (Å²) in [6.07, 6.45) is 9.97. The molecule has 1 aromatic rings. The smallest absolute Gasteiger partial charge is 0.408 e. The third-order valence-corrected chi connectivity index (χ3v) is 8.13. The SMILES string of the molecule is CC(C)(C)OC(=O)N[C@H](CC1CCCCC1)C(=O)N1CCC[C@H]1C(=O)N[C@@H](CCCCN)C(=O)c1nccs1. The Bertz CT molecular complexity index is 958. The van der Waals surface area contributed by atoms with Gasteiger partial charge in [0.2, 0.25) is 17.6 Å². The largest absolute Gasteiger partial charge is 0.444 e. The van der Waals surface area contributed by atoms with E-state index in [1.54, 1.807) is 37.2 Å². The number of alkyl carbamates (subject to hydrolysis) is 1. The number of thiazole rings is 1. The number of carbonyl (C=O) groups is 4. The van der Waals surface area contributed by atoms with Crippen LogP contribution >= 0.6 is 11.3 Å². The maximum Gasteiger partial charge on any atom is 0.408 e. The van der Waals surface area contributed by atoms with Gasteiger partial charge in [0.15, 0.2) is 5.01 Å². The molecule has 39 heavy (non-hydrogen) atoms. The molecule has 0 radical (unpaired) electrons.